The van der Waals surface area contributed by atoms with E-state index in [-0.39, 0.29) is 0 Å². The van der Waals surface area contributed by atoms with Crippen LogP contribution in [0.15, 0.2) is 47.1 Å². The smallest absolute Gasteiger partial charge is 0.470 e. The summed E-state index contributed by atoms with van der Waals surface area (Å²) in [6.45, 7) is 3.87. The Hall–Kier alpha value is -1.52. The van der Waals surface area contributed by atoms with Gasteiger partial charge in [0, 0.05) is 0 Å². The summed E-state index contributed by atoms with van der Waals surface area (Å²) in [4.78, 5) is 0. The van der Waals surface area contributed by atoms with Crippen LogP contribution in [0, 0.1) is 13.8 Å². The predicted molar refractivity (Wildman–Crippen MR) is 64.4 cm³/mol. The molecule has 1 aromatic carbocycles. The molecule has 0 unspecified atom stereocenters. The van der Waals surface area contributed by atoms with Crippen LogP contribution in [-0.2, 0) is 0 Å². The Balaban J connectivity index is 0.000000181. The van der Waals surface area contributed by atoms with Crippen LogP contribution in [0.25, 0.3) is 0 Å². The second-order valence-electron chi connectivity index (χ2n) is 3.51. The van der Waals surface area contributed by atoms with E-state index in [9.17, 15) is 0 Å². The van der Waals surface area contributed by atoms with Crippen LogP contribution in [0.3, 0.4) is 0 Å². The van der Waals surface area contributed by atoms with Crippen LogP contribution in [0.4, 0.5) is 0 Å². The number of aryl methyl sites for hydroxylation is 2. The zero-order valence-corrected chi connectivity index (χ0v) is 9.42. The fourth-order valence-corrected chi connectivity index (χ4v) is 1.10. The normalized spacial score (nSPS) is 9.25. The van der Waals surface area contributed by atoms with E-state index in [0.29, 0.717) is 5.46 Å². The minimum atomic E-state index is -1.35. The third-order valence-corrected chi connectivity index (χ3v) is 2.04. The average Bonchev–Trinajstić information content (AvgIpc) is 2.71. The summed E-state index contributed by atoms with van der Waals surface area (Å²) in [7, 11) is -1.35. The van der Waals surface area contributed by atoms with E-state index in [1.807, 2.05) is 38.1 Å². The molecule has 84 valence electrons. The maximum atomic E-state index is 8.67. The van der Waals surface area contributed by atoms with Crippen molar-refractivity contribution < 1.29 is 14.5 Å². The van der Waals surface area contributed by atoms with Gasteiger partial charge >= 0.3 is 7.12 Å². The summed E-state index contributed by atoms with van der Waals surface area (Å²) in [5, 5.41) is 17.3. The van der Waals surface area contributed by atoms with Crippen molar-refractivity contribution in [3.05, 3.63) is 54.0 Å². The first-order valence-corrected chi connectivity index (χ1v) is 5.02. The molecule has 0 atom stereocenters. The standard InChI is InChI=1S/C7H9BO2.C5H6O/c1-6-2-4-7(5-3-6)8(9)10;1-5-3-2-4-6-5/h2-5,9-10H,1H3;2-4H,1H3. The highest BCUT2D eigenvalue weighted by Crippen LogP contribution is 1.93. The average molecular weight is 218 g/mol. The second-order valence-corrected chi connectivity index (χ2v) is 3.51. The fourth-order valence-electron chi connectivity index (χ4n) is 1.10. The number of benzene rings is 1. The summed E-state index contributed by atoms with van der Waals surface area (Å²) < 4.78 is 4.83. The predicted octanol–water partition coefficient (Wildman–Crippen LogP) is 1.26. The van der Waals surface area contributed by atoms with Crippen molar-refractivity contribution >= 4 is 12.6 Å². The first kappa shape index (κ1) is 12.6. The van der Waals surface area contributed by atoms with Gasteiger partial charge in [0.1, 0.15) is 5.76 Å². The molecular formula is C12H15BO3. The van der Waals surface area contributed by atoms with E-state index < -0.39 is 7.12 Å². The van der Waals surface area contributed by atoms with Gasteiger partial charge in [0.2, 0.25) is 0 Å². The molecule has 2 N–H and O–H groups in total. The number of hydrogen-bond donors (Lipinski definition) is 2. The maximum Gasteiger partial charge on any atom is 0.488 e. The highest BCUT2D eigenvalue weighted by Gasteiger charge is 2.08. The summed E-state index contributed by atoms with van der Waals surface area (Å²) in [6, 6.07) is 10.9. The first-order chi connectivity index (χ1) is 7.59. The van der Waals surface area contributed by atoms with Crippen molar-refractivity contribution in [1.29, 1.82) is 0 Å². The lowest BCUT2D eigenvalue weighted by Crippen LogP contribution is -2.29. The van der Waals surface area contributed by atoms with Crippen molar-refractivity contribution in [3.63, 3.8) is 0 Å². The largest absolute Gasteiger partial charge is 0.488 e. The van der Waals surface area contributed by atoms with Crippen LogP contribution in [0.2, 0.25) is 0 Å². The van der Waals surface area contributed by atoms with Crippen LogP contribution >= 0.6 is 0 Å². The molecule has 0 amide bonds. The fraction of sp³-hybridized carbons (Fsp3) is 0.167. The van der Waals surface area contributed by atoms with Gasteiger partial charge in [-0.2, -0.15) is 0 Å². The Morgan fingerprint density at radius 2 is 1.62 bits per heavy atom. The Labute approximate surface area is 95.5 Å². The molecule has 0 aliphatic rings. The molecule has 16 heavy (non-hydrogen) atoms. The molecule has 1 aromatic heterocycles. The lowest BCUT2D eigenvalue weighted by molar-refractivity contribution is 0.426. The Morgan fingerprint density at radius 1 is 1.00 bits per heavy atom. The molecule has 0 spiro atoms. The van der Waals surface area contributed by atoms with Crippen LogP contribution in [0.1, 0.15) is 11.3 Å². The van der Waals surface area contributed by atoms with E-state index in [1.54, 1.807) is 18.4 Å². The summed E-state index contributed by atoms with van der Waals surface area (Å²) in [6.07, 6.45) is 1.66. The van der Waals surface area contributed by atoms with Crippen molar-refractivity contribution in [1.82, 2.24) is 0 Å². The van der Waals surface area contributed by atoms with Crippen LogP contribution < -0.4 is 5.46 Å². The summed E-state index contributed by atoms with van der Waals surface area (Å²) in [5.74, 6) is 0.968. The molecule has 1 heterocycles. The highest BCUT2D eigenvalue weighted by molar-refractivity contribution is 6.58. The van der Waals surface area contributed by atoms with E-state index in [2.05, 4.69) is 0 Å². The van der Waals surface area contributed by atoms with Gasteiger partial charge < -0.3 is 14.5 Å². The molecule has 0 bridgehead atoms. The van der Waals surface area contributed by atoms with Gasteiger partial charge in [-0.1, -0.05) is 29.8 Å². The summed E-state index contributed by atoms with van der Waals surface area (Å²) >= 11 is 0. The molecular weight excluding hydrogens is 203 g/mol. The van der Waals surface area contributed by atoms with E-state index in [0.717, 1.165) is 11.3 Å². The minimum Gasteiger partial charge on any atom is -0.470 e. The zero-order chi connectivity index (χ0) is 12.0. The maximum absolute atomic E-state index is 8.67. The van der Waals surface area contributed by atoms with Crippen LogP contribution in [-0.4, -0.2) is 17.2 Å². The quantitative estimate of drug-likeness (QED) is 0.708. The van der Waals surface area contributed by atoms with Crippen molar-refractivity contribution in [3.8, 4) is 0 Å². The lowest BCUT2D eigenvalue weighted by Gasteiger charge is -1.97. The van der Waals surface area contributed by atoms with Crippen molar-refractivity contribution in [2.45, 2.75) is 13.8 Å². The van der Waals surface area contributed by atoms with E-state index in [4.69, 9.17) is 14.5 Å². The Bertz CT molecular complexity index is 393. The highest BCUT2D eigenvalue weighted by atomic mass is 16.4. The molecule has 0 radical (unpaired) electrons. The van der Waals surface area contributed by atoms with Gasteiger partial charge in [0.25, 0.3) is 0 Å². The Kier molecular flexibility index (Phi) is 4.83. The number of hydrogen-bond acceptors (Lipinski definition) is 3. The lowest BCUT2D eigenvalue weighted by atomic mass is 9.80. The van der Waals surface area contributed by atoms with Gasteiger partial charge in [-0.15, -0.1) is 0 Å². The van der Waals surface area contributed by atoms with Gasteiger partial charge in [-0.25, -0.2) is 0 Å². The molecule has 0 saturated heterocycles. The number of furan rings is 1. The van der Waals surface area contributed by atoms with E-state index >= 15 is 0 Å². The molecule has 4 heteroatoms. The second kappa shape index (κ2) is 6.15. The SMILES string of the molecule is Cc1ccc(B(O)O)cc1.Cc1ccco1. The third-order valence-electron chi connectivity index (χ3n) is 2.04. The first-order valence-electron chi connectivity index (χ1n) is 5.02. The molecule has 3 nitrogen and oxygen atoms in total. The summed E-state index contributed by atoms with van der Waals surface area (Å²) in [5.41, 5.74) is 1.65. The zero-order valence-electron chi connectivity index (χ0n) is 9.42. The van der Waals surface area contributed by atoms with Crippen LogP contribution in [0.5, 0.6) is 0 Å². The monoisotopic (exact) mass is 218 g/mol. The molecule has 2 aromatic rings. The van der Waals surface area contributed by atoms with Crippen molar-refractivity contribution in [2.75, 3.05) is 0 Å². The number of rotatable bonds is 1. The molecule has 0 aliphatic heterocycles. The molecule has 2 rings (SSSR count). The van der Waals surface area contributed by atoms with E-state index in [1.165, 1.54) is 0 Å². The molecule has 0 fully saturated rings. The minimum absolute atomic E-state index is 0.533. The van der Waals surface area contributed by atoms with Crippen molar-refractivity contribution in [2.24, 2.45) is 0 Å². The molecule has 0 saturated carbocycles. The Morgan fingerprint density at radius 3 is 1.94 bits per heavy atom. The van der Waals surface area contributed by atoms with Gasteiger partial charge in [-0.3, -0.25) is 0 Å². The topological polar surface area (TPSA) is 53.6 Å². The third kappa shape index (κ3) is 4.34. The van der Waals surface area contributed by atoms with Gasteiger partial charge in [-0.05, 0) is 31.4 Å². The van der Waals surface area contributed by atoms with Gasteiger partial charge in [0.05, 0.1) is 6.26 Å². The molecule has 0 aliphatic carbocycles. The van der Waals surface area contributed by atoms with Gasteiger partial charge in [0.15, 0.2) is 0 Å².